The van der Waals surface area contributed by atoms with E-state index >= 15 is 0 Å². The maximum absolute atomic E-state index is 14.8. The molecule has 2 N–H and O–H groups in total. The summed E-state index contributed by atoms with van der Waals surface area (Å²) in [7, 11) is 0. The van der Waals surface area contributed by atoms with E-state index in [-0.39, 0.29) is 48.7 Å². The molecule has 4 heterocycles. The molecule has 3 aromatic rings. The summed E-state index contributed by atoms with van der Waals surface area (Å²) in [5.41, 5.74) is 0.177. The number of hydrogen-bond donors (Lipinski definition) is 2. The van der Waals surface area contributed by atoms with Crippen LogP contribution in [0.1, 0.15) is 40.4 Å². The standard InChI is InChI=1S/C30H25F3N6O7/c1-15(31)29(43)39(19-4-2-3-16-12-38(30(44)25(16)19)20-6-8-24(40)36-27(20)41)26(17-10-34-37(11-17)13-23(32)33)28(42)35-18-5-7-21-22(9-18)46-14-45-21/h2-5,7,9-11,20,23,26H,1,6,8,12-14H2,(H,35,42)(H,36,40,41). The Balaban J connectivity index is 1.43. The lowest BCUT2D eigenvalue weighted by Crippen LogP contribution is -2.52. The molecule has 2 aromatic carbocycles. The van der Waals surface area contributed by atoms with Crippen molar-refractivity contribution in [3.05, 3.63) is 77.9 Å². The molecule has 1 saturated heterocycles. The molecule has 2 unspecified atom stereocenters. The van der Waals surface area contributed by atoms with Gasteiger partial charge >= 0.3 is 0 Å². The van der Waals surface area contributed by atoms with Crippen LogP contribution in [-0.2, 0) is 32.3 Å². The van der Waals surface area contributed by atoms with Crippen LogP contribution in [0.4, 0.5) is 24.5 Å². The van der Waals surface area contributed by atoms with Crippen molar-refractivity contribution in [3.8, 4) is 11.5 Å². The Morgan fingerprint density at radius 3 is 2.67 bits per heavy atom. The average molecular weight is 639 g/mol. The monoisotopic (exact) mass is 638 g/mol. The predicted octanol–water partition coefficient (Wildman–Crippen LogP) is 2.83. The number of carbonyl (C=O) groups excluding carboxylic acids is 5. The van der Waals surface area contributed by atoms with Gasteiger partial charge in [0.2, 0.25) is 18.6 Å². The first-order valence-corrected chi connectivity index (χ1v) is 14.0. The molecular formula is C30H25F3N6O7. The summed E-state index contributed by atoms with van der Waals surface area (Å²) >= 11 is 0. The van der Waals surface area contributed by atoms with Crippen LogP contribution in [0.25, 0.3) is 0 Å². The van der Waals surface area contributed by atoms with Gasteiger partial charge in [-0.1, -0.05) is 18.7 Å². The van der Waals surface area contributed by atoms with Gasteiger partial charge in [0, 0.05) is 36.5 Å². The second-order valence-corrected chi connectivity index (χ2v) is 10.6. The number of nitrogens with zero attached hydrogens (tertiary/aromatic N) is 4. The fourth-order valence-corrected chi connectivity index (χ4v) is 5.66. The molecule has 1 aromatic heterocycles. The molecule has 46 heavy (non-hydrogen) atoms. The van der Waals surface area contributed by atoms with Crippen LogP contribution < -0.4 is 25.0 Å². The molecule has 0 spiro atoms. The molecule has 13 nitrogen and oxygen atoms in total. The molecule has 2 atom stereocenters. The molecule has 0 aliphatic carbocycles. The summed E-state index contributed by atoms with van der Waals surface area (Å²) < 4.78 is 52.7. The van der Waals surface area contributed by atoms with Crippen LogP contribution in [0.2, 0.25) is 0 Å². The van der Waals surface area contributed by atoms with E-state index in [9.17, 15) is 37.1 Å². The van der Waals surface area contributed by atoms with E-state index in [2.05, 4.69) is 22.3 Å². The van der Waals surface area contributed by atoms with Crippen molar-refractivity contribution in [2.24, 2.45) is 0 Å². The lowest BCUT2D eigenvalue weighted by Gasteiger charge is -2.32. The van der Waals surface area contributed by atoms with Gasteiger partial charge in [-0.15, -0.1) is 0 Å². The number of carbonyl (C=O) groups is 5. The van der Waals surface area contributed by atoms with Crippen molar-refractivity contribution in [3.63, 3.8) is 0 Å². The van der Waals surface area contributed by atoms with E-state index in [0.29, 0.717) is 22.0 Å². The predicted molar refractivity (Wildman–Crippen MR) is 152 cm³/mol. The molecule has 6 rings (SSSR count). The number of anilines is 2. The van der Waals surface area contributed by atoms with Gasteiger partial charge in [-0.05, 0) is 30.2 Å². The quantitative estimate of drug-likeness (QED) is 0.268. The Morgan fingerprint density at radius 2 is 1.93 bits per heavy atom. The third-order valence-corrected chi connectivity index (χ3v) is 7.68. The lowest BCUT2D eigenvalue weighted by atomic mass is 10.0. The van der Waals surface area contributed by atoms with Crippen molar-refractivity contribution in [2.75, 3.05) is 17.0 Å². The number of imide groups is 1. The first-order valence-electron chi connectivity index (χ1n) is 14.0. The van der Waals surface area contributed by atoms with E-state index in [1.807, 2.05) is 0 Å². The van der Waals surface area contributed by atoms with Crippen LogP contribution in [0.5, 0.6) is 11.5 Å². The van der Waals surface area contributed by atoms with Crippen LogP contribution in [0.3, 0.4) is 0 Å². The molecule has 238 valence electrons. The second kappa shape index (κ2) is 12.0. The molecule has 3 aliphatic heterocycles. The fourth-order valence-electron chi connectivity index (χ4n) is 5.66. The number of hydrogen-bond acceptors (Lipinski definition) is 8. The normalized spacial score (nSPS) is 17.5. The zero-order valence-electron chi connectivity index (χ0n) is 23.9. The number of rotatable bonds is 9. The molecule has 0 bridgehead atoms. The van der Waals surface area contributed by atoms with Gasteiger partial charge in [0.25, 0.3) is 24.1 Å². The summed E-state index contributed by atoms with van der Waals surface area (Å²) in [6.45, 7) is 2.15. The first-order chi connectivity index (χ1) is 22.0. The summed E-state index contributed by atoms with van der Waals surface area (Å²) in [4.78, 5) is 67.8. The molecule has 1 fully saturated rings. The maximum atomic E-state index is 14.8. The Kier molecular flexibility index (Phi) is 7.93. The highest BCUT2D eigenvalue weighted by atomic mass is 19.3. The Bertz CT molecular complexity index is 1790. The molecule has 0 radical (unpaired) electrons. The highest BCUT2D eigenvalue weighted by Gasteiger charge is 2.44. The molecule has 16 heteroatoms. The Labute approximate surface area is 258 Å². The number of ether oxygens (including phenoxy) is 2. The highest BCUT2D eigenvalue weighted by molar-refractivity contribution is 6.15. The van der Waals surface area contributed by atoms with E-state index in [1.165, 1.54) is 35.2 Å². The van der Waals surface area contributed by atoms with Crippen molar-refractivity contribution < 1.29 is 46.6 Å². The number of amides is 5. The summed E-state index contributed by atoms with van der Waals surface area (Å²) in [5, 5.41) is 8.72. The number of aromatic nitrogens is 2. The highest BCUT2D eigenvalue weighted by Crippen LogP contribution is 2.40. The number of benzene rings is 2. The average Bonchev–Trinajstić information content (AvgIpc) is 3.74. The van der Waals surface area contributed by atoms with E-state index in [4.69, 9.17) is 9.47 Å². The van der Waals surface area contributed by atoms with Gasteiger partial charge in [-0.25, -0.2) is 13.2 Å². The van der Waals surface area contributed by atoms with E-state index < -0.39 is 60.4 Å². The van der Waals surface area contributed by atoms with E-state index in [0.717, 1.165) is 17.1 Å². The number of nitrogens with one attached hydrogen (secondary N) is 2. The summed E-state index contributed by atoms with van der Waals surface area (Å²) in [6.07, 6.45) is -0.551. The number of halogens is 3. The summed E-state index contributed by atoms with van der Waals surface area (Å²) in [5.74, 6) is -4.90. The van der Waals surface area contributed by atoms with Gasteiger partial charge in [-0.2, -0.15) is 5.10 Å². The largest absolute Gasteiger partial charge is 0.454 e. The van der Waals surface area contributed by atoms with Gasteiger partial charge in [-0.3, -0.25) is 38.9 Å². The molecule has 5 amide bonds. The van der Waals surface area contributed by atoms with Crippen molar-refractivity contribution in [2.45, 2.75) is 44.4 Å². The van der Waals surface area contributed by atoms with Gasteiger partial charge < -0.3 is 19.7 Å². The van der Waals surface area contributed by atoms with Crippen LogP contribution >= 0.6 is 0 Å². The Hall–Kier alpha value is -5.67. The van der Waals surface area contributed by atoms with Gasteiger partial charge in [0.1, 0.15) is 18.6 Å². The molecule has 0 saturated carbocycles. The minimum Gasteiger partial charge on any atom is -0.454 e. The van der Waals surface area contributed by atoms with Gasteiger partial charge in [0.15, 0.2) is 17.3 Å². The first kappa shape index (κ1) is 30.4. The minimum absolute atomic E-state index is 0.000383. The third-order valence-electron chi connectivity index (χ3n) is 7.68. The van der Waals surface area contributed by atoms with Crippen molar-refractivity contribution in [1.29, 1.82) is 0 Å². The van der Waals surface area contributed by atoms with Crippen LogP contribution in [0.15, 0.2) is 61.2 Å². The number of piperidine rings is 1. The van der Waals surface area contributed by atoms with E-state index in [1.54, 1.807) is 6.07 Å². The van der Waals surface area contributed by atoms with Crippen molar-refractivity contribution in [1.82, 2.24) is 20.0 Å². The van der Waals surface area contributed by atoms with Gasteiger partial charge in [0.05, 0.1) is 17.4 Å². The number of fused-ring (bicyclic) bond motifs is 2. The third kappa shape index (κ3) is 5.64. The zero-order chi connectivity index (χ0) is 32.7. The summed E-state index contributed by atoms with van der Waals surface area (Å²) in [6, 6.07) is 6.08. The van der Waals surface area contributed by atoms with Crippen LogP contribution in [-0.4, -0.2) is 63.5 Å². The lowest BCUT2D eigenvalue weighted by molar-refractivity contribution is -0.137. The number of alkyl halides is 2. The fraction of sp³-hybridized carbons (Fsp3) is 0.267. The Morgan fingerprint density at radius 1 is 1.15 bits per heavy atom. The van der Waals surface area contributed by atoms with Crippen LogP contribution in [0, 0.1) is 0 Å². The SMILES string of the molecule is C=C(F)C(=O)N(c1cccc2c1C(=O)N(C1CCC(=O)NC1=O)C2)C(C(=O)Nc1ccc2c(c1)OCO2)c1cnn(CC(F)F)c1. The smallest absolute Gasteiger partial charge is 0.287 e. The molecular weight excluding hydrogens is 613 g/mol. The maximum Gasteiger partial charge on any atom is 0.287 e. The zero-order valence-corrected chi connectivity index (χ0v) is 23.9. The molecule has 3 aliphatic rings. The van der Waals surface area contributed by atoms with Crippen molar-refractivity contribution >= 4 is 40.9 Å². The second-order valence-electron chi connectivity index (χ2n) is 10.6. The minimum atomic E-state index is -2.80. The topological polar surface area (TPSA) is 152 Å².